The Bertz CT molecular complexity index is 990. The Kier molecular flexibility index (Phi) is 7.28. The number of carboxylic acids is 1. The predicted molar refractivity (Wildman–Crippen MR) is 121 cm³/mol. The van der Waals surface area contributed by atoms with E-state index in [1.165, 1.54) is 16.9 Å². The van der Waals surface area contributed by atoms with E-state index in [4.69, 9.17) is 4.74 Å². The van der Waals surface area contributed by atoms with Gasteiger partial charge in [0.05, 0.1) is 17.9 Å². The molecule has 0 fully saturated rings. The van der Waals surface area contributed by atoms with Crippen LogP contribution in [0.2, 0.25) is 0 Å². The van der Waals surface area contributed by atoms with Crippen molar-refractivity contribution in [2.45, 2.75) is 46.1 Å². The van der Waals surface area contributed by atoms with Crippen LogP contribution in [0.4, 0.5) is 5.00 Å². The van der Waals surface area contributed by atoms with Crippen molar-refractivity contribution in [2.24, 2.45) is 11.8 Å². The molecule has 1 aliphatic carbocycles. The average molecular weight is 442 g/mol. The summed E-state index contributed by atoms with van der Waals surface area (Å²) in [7, 11) is 0. The van der Waals surface area contributed by atoms with Crippen LogP contribution >= 0.6 is 11.3 Å². The molecule has 1 amide bonds. The SMILES string of the molecule is CCc1ccc(-c2csc(NC(=O)[C@H]3CC=CC[C@@H]3C(=O)O)c2C(=O)OC(C)C)cc1. The minimum Gasteiger partial charge on any atom is -0.481 e. The van der Waals surface area contributed by atoms with Gasteiger partial charge in [0.2, 0.25) is 5.91 Å². The lowest BCUT2D eigenvalue weighted by atomic mass is 9.82. The van der Waals surface area contributed by atoms with Gasteiger partial charge in [-0.2, -0.15) is 0 Å². The number of aliphatic carboxylic acids is 1. The minimum absolute atomic E-state index is 0.300. The van der Waals surface area contributed by atoms with Crippen molar-refractivity contribution in [2.75, 3.05) is 5.32 Å². The topological polar surface area (TPSA) is 92.7 Å². The van der Waals surface area contributed by atoms with E-state index in [1.54, 1.807) is 19.9 Å². The normalized spacial score (nSPS) is 18.1. The molecular weight excluding hydrogens is 414 g/mol. The number of thiophene rings is 1. The van der Waals surface area contributed by atoms with Gasteiger partial charge < -0.3 is 15.2 Å². The minimum atomic E-state index is -0.994. The highest BCUT2D eigenvalue weighted by Gasteiger charge is 2.35. The number of hydrogen-bond acceptors (Lipinski definition) is 5. The summed E-state index contributed by atoms with van der Waals surface area (Å²) in [6, 6.07) is 7.92. The molecule has 0 saturated heterocycles. The zero-order chi connectivity index (χ0) is 22.5. The molecular formula is C24H27NO5S. The van der Waals surface area contributed by atoms with Crippen molar-refractivity contribution < 1.29 is 24.2 Å². The summed E-state index contributed by atoms with van der Waals surface area (Å²) in [4.78, 5) is 37.4. The molecule has 2 atom stereocenters. The Balaban J connectivity index is 1.94. The zero-order valence-corrected chi connectivity index (χ0v) is 18.7. The molecule has 7 heteroatoms. The molecule has 0 bridgehead atoms. The average Bonchev–Trinajstić information content (AvgIpc) is 3.16. The summed E-state index contributed by atoms with van der Waals surface area (Å²) in [5.41, 5.74) is 3.03. The van der Waals surface area contributed by atoms with E-state index in [2.05, 4.69) is 12.2 Å². The van der Waals surface area contributed by atoms with Gasteiger partial charge in [-0.05, 0) is 44.2 Å². The fourth-order valence-electron chi connectivity index (χ4n) is 3.64. The number of carbonyl (C=O) groups excluding carboxylic acids is 2. The van der Waals surface area contributed by atoms with Crippen molar-refractivity contribution in [1.29, 1.82) is 0 Å². The van der Waals surface area contributed by atoms with Crippen LogP contribution in [-0.2, 0) is 20.7 Å². The van der Waals surface area contributed by atoms with Gasteiger partial charge in [0.1, 0.15) is 10.6 Å². The molecule has 0 aliphatic heterocycles. The summed E-state index contributed by atoms with van der Waals surface area (Å²) in [5.74, 6) is -3.38. The molecule has 2 aromatic rings. The van der Waals surface area contributed by atoms with Crippen LogP contribution in [0.15, 0.2) is 41.8 Å². The highest BCUT2D eigenvalue weighted by molar-refractivity contribution is 7.15. The molecule has 164 valence electrons. The van der Waals surface area contributed by atoms with Crippen LogP contribution in [0.3, 0.4) is 0 Å². The fourth-order valence-corrected chi connectivity index (χ4v) is 4.60. The van der Waals surface area contributed by atoms with Crippen LogP contribution in [-0.4, -0.2) is 29.1 Å². The summed E-state index contributed by atoms with van der Waals surface area (Å²) in [6.07, 6.45) is 4.88. The molecule has 0 saturated carbocycles. The third-order valence-corrected chi connectivity index (χ3v) is 6.23. The van der Waals surface area contributed by atoms with Gasteiger partial charge in [0, 0.05) is 10.9 Å². The number of esters is 1. The maximum atomic E-state index is 13.0. The molecule has 1 heterocycles. The van der Waals surface area contributed by atoms with E-state index in [0.717, 1.165) is 12.0 Å². The summed E-state index contributed by atoms with van der Waals surface area (Å²) < 4.78 is 5.44. The standard InChI is InChI=1S/C24H27NO5S/c1-4-15-9-11-16(12-10-15)19-13-31-22(20(19)24(29)30-14(2)3)25-21(26)17-7-5-6-8-18(17)23(27)28/h5-6,9-14,17-18H,4,7-8H2,1-3H3,(H,25,26)(H,27,28)/t17-,18-/m0/s1. The van der Waals surface area contributed by atoms with E-state index < -0.39 is 29.7 Å². The van der Waals surface area contributed by atoms with E-state index >= 15 is 0 Å². The number of amides is 1. The Morgan fingerprint density at radius 2 is 1.77 bits per heavy atom. The van der Waals surface area contributed by atoms with Crippen LogP contribution in [0.1, 0.15) is 49.5 Å². The molecule has 3 rings (SSSR count). The first-order chi connectivity index (χ1) is 14.8. The van der Waals surface area contributed by atoms with Crippen LogP contribution in [0.5, 0.6) is 0 Å². The smallest absolute Gasteiger partial charge is 0.342 e. The van der Waals surface area contributed by atoms with Crippen LogP contribution < -0.4 is 5.32 Å². The summed E-state index contributed by atoms with van der Waals surface area (Å²) in [6.45, 7) is 5.61. The number of allylic oxidation sites excluding steroid dienone is 2. The van der Waals surface area contributed by atoms with E-state index in [-0.39, 0.29) is 6.10 Å². The number of hydrogen-bond donors (Lipinski definition) is 2. The highest BCUT2D eigenvalue weighted by atomic mass is 32.1. The monoisotopic (exact) mass is 441 g/mol. The highest BCUT2D eigenvalue weighted by Crippen LogP contribution is 2.37. The zero-order valence-electron chi connectivity index (χ0n) is 17.9. The van der Waals surface area contributed by atoms with Gasteiger partial charge in [0.25, 0.3) is 0 Å². The summed E-state index contributed by atoms with van der Waals surface area (Å²) >= 11 is 1.24. The number of benzene rings is 1. The Hall–Kier alpha value is -2.93. The van der Waals surface area contributed by atoms with E-state index in [9.17, 15) is 19.5 Å². The number of carboxylic acid groups (broad SMARTS) is 1. The Morgan fingerprint density at radius 3 is 2.35 bits per heavy atom. The number of rotatable bonds is 7. The number of carbonyl (C=O) groups is 3. The van der Waals surface area contributed by atoms with E-state index in [0.29, 0.717) is 29.0 Å². The number of aryl methyl sites for hydroxylation is 1. The van der Waals surface area contributed by atoms with Crippen molar-refractivity contribution >= 4 is 34.2 Å². The van der Waals surface area contributed by atoms with Gasteiger partial charge in [-0.1, -0.05) is 43.3 Å². The largest absolute Gasteiger partial charge is 0.481 e. The van der Waals surface area contributed by atoms with Gasteiger partial charge in [0.15, 0.2) is 0 Å². The molecule has 1 aromatic carbocycles. The van der Waals surface area contributed by atoms with Crippen molar-refractivity contribution in [1.82, 2.24) is 0 Å². The first-order valence-electron chi connectivity index (χ1n) is 10.4. The molecule has 0 unspecified atom stereocenters. The summed E-state index contributed by atoms with van der Waals surface area (Å²) in [5, 5.41) is 14.5. The molecule has 0 radical (unpaired) electrons. The Morgan fingerprint density at radius 1 is 1.13 bits per heavy atom. The molecule has 0 spiro atoms. The maximum Gasteiger partial charge on any atom is 0.342 e. The quantitative estimate of drug-likeness (QED) is 0.458. The van der Waals surface area contributed by atoms with E-state index in [1.807, 2.05) is 35.7 Å². The predicted octanol–water partition coefficient (Wildman–Crippen LogP) is 5.15. The first kappa shape index (κ1) is 22.7. The van der Waals surface area contributed by atoms with Gasteiger partial charge in [-0.25, -0.2) is 4.79 Å². The Labute approximate surface area is 185 Å². The second-order valence-electron chi connectivity index (χ2n) is 7.84. The number of nitrogens with one attached hydrogen (secondary N) is 1. The molecule has 31 heavy (non-hydrogen) atoms. The lowest BCUT2D eigenvalue weighted by molar-refractivity contribution is -0.146. The molecule has 1 aromatic heterocycles. The number of ether oxygens (including phenoxy) is 1. The fraction of sp³-hybridized carbons (Fsp3) is 0.375. The van der Waals surface area contributed by atoms with Crippen LogP contribution in [0, 0.1) is 11.8 Å². The second kappa shape index (κ2) is 9.92. The van der Waals surface area contributed by atoms with Gasteiger partial charge in [-0.15, -0.1) is 11.3 Å². The van der Waals surface area contributed by atoms with Crippen LogP contribution in [0.25, 0.3) is 11.1 Å². The maximum absolute atomic E-state index is 13.0. The lowest BCUT2D eigenvalue weighted by Crippen LogP contribution is -2.34. The second-order valence-corrected chi connectivity index (χ2v) is 8.72. The number of anilines is 1. The van der Waals surface area contributed by atoms with Gasteiger partial charge >= 0.3 is 11.9 Å². The third kappa shape index (κ3) is 5.22. The lowest BCUT2D eigenvalue weighted by Gasteiger charge is -2.24. The molecule has 2 N–H and O–H groups in total. The molecule has 6 nitrogen and oxygen atoms in total. The van der Waals surface area contributed by atoms with Gasteiger partial charge in [-0.3, -0.25) is 9.59 Å². The van der Waals surface area contributed by atoms with Crippen molar-refractivity contribution in [3.05, 3.63) is 52.9 Å². The third-order valence-electron chi connectivity index (χ3n) is 5.33. The first-order valence-corrected chi connectivity index (χ1v) is 11.3. The van der Waals surface area contributed by atoms with Crippen molar-refractivity contribution in [3.8, 4) is 11.1 Å². The molecule has 1 aliphatic rings. The van der Waals surface area contributed by atoms with Crippen molar-refractivity contribution in [3.63, 3.8) is 0 Å².